The normalized spacial score (nSPS) is 21.3. The van der Waals surface area contributed by atoms with Crippen molar-refractivity contribution in [1.29, 1.82) is 0 Å². The van der Waals surface area contributed by atoms with Gasteiger partial charge in [-0.05, 0) is 24.3 Å². The Morgan fingerprint density at radius 1 is 1.55 bits per heavy atom. The molecular weight excluding hydrogens is 136 g/mol. The second kappa shape index (κ2) is 2.10. The van der Waals surface area contributed by atoms with E-state index in [0.29, 0.717) is 5.41 Å². The van der Waals surface area contributed by atoms with Gasteiger partial charge in [0.15, 0.2) is 0 Å². The predicted molar refractivity (Wildman–Crippen MR) is 44.3 cm³/mol. The molecular formula is C9H14N2. The van der Waals surface area contributed by atoms with E-state index in [4.69, 9.17) is 0 Å². The summed E-state index contributed by atoms with van der Waals surface area (Å²) in [6.07, 6.45) is 4.38. The molecule has 0 N–H and O–H groups in total. The first-order valence-electron chi connectivity index (χ1n) is 4.18. The van der Waals surface area contributed by atoms with Crippen LogP contribution in [0.2, 0.25) is 0 Å². The van der Waals surface area contributed by atoms with Gasteiger partial charge in [-0.2, -0.15) is 5.10 Å². The van der Waals surface area contributed by atoms with Gasteiger partial charge in [0.05, 0.1) is 0 Å². The third kappa shape index (κ3) is 1.17. The fraction of sp³-hybridized carbons (Fsp3) is 0.667. The number of fused-ring (bicyclic) bond motifs is 1. The van der Waals surface area contributed by atoms with Crippen molar-refractivity contribution in [2.45, 2.75) is 33.2 Å². The van der Waals surface area contributed by atoms with Crippen LogP contribution in [0, 0.1) is 5.41 Å². The van der Waals surface area contributed by atoms with Crippen LogP contribution in [0.15, 0.2) is 12.3 Å². The van der Waals surface area contributed by atoms with Crippen LogP contribution in [0.3, 0.4) is 0 Å². The van der Waals surface area contributed by atoms with Gasteiger partial charge in [-0.15, -0.1) is 0 Å². The van der Waals surface area contributed by atoms with Gasteiger partial charge < -0.3 is 0 Å². The molecule has 0 saturated carbocycles. The molecule has 2 heteroatoms. The maximum Gasteiger partial charge on any atom is 0.0492 e. The van der Waals surface area contributed by atoms with Crippen LogP contribution in [0.4, 0.5) is 0 Å². The molecule has 2 rings (SSSR count). The SMILES string of the molecule is CC1(C)CCc2ccnn2C1. The van der Waals surface area contributed by atoms with Crippen LogP contribution in [-0.4, -0.2) is 9.78 Å². The number of hydrogen-bond acceptors (Lipinski definition) is 1. The van der Waals surface area contributed by atoms with E-state index in [-0.39, 0.29) is 0 Å². The van der Waals surface area contributed by atoms with Crippen molar-refractivity contribution in [3.05, 3.63) is 18.0 Å². The van der Waals surface area contributed by atoms with Crippen molar-refractivity contribution in [3.63, 3.8) is 0 Å². The average molecular weight is 150 g/mol. The predicted octanol–water partition coefficient (Wildman–Crippen LogP) is 1.86. The molecule has 1 aromatic heterocycles. The lowest BCUT2D eigenvalue weighted by molar-refractivity contribution is 0.235. The molecule has 0 radical (unpaired) electrons. The van der Waals surface area contributed by atoms with Gasteiger partial charge >= 0.3 is 0 Å². The molecule has 1 aromatic rings. The summed E-state index contributed by atoms with van der Waals surface area (Å²) in [7, 11) is 0. The lowest BCUT2D eigenvalue weighted by atomic mass is 9.85. The molecule has 0 aliphatic carbocycles. The van der Waals surface area contributed by atoms with Crippen molar-refractivity contribution in [2.75, 3.05) is 0 Å². The largest absolute Gasteiger partial charge is 0.269 e. The molecule has 1 aliphatic rings. The van der Waals surface area contributed by atoms with Crippen LogP contribution in [-0.2, 0) is 13.0 Å². The first kappa shape index (κ1) is 6.89. The quantitative estimate of drug-likeness (QED) is 0.552. The summed E-state index contributed by atoms with van der Waals surface area (Å²) < 4.78 is 2.13. The zero-order valence-electron chi connectivity index (χ0n) is 7.17. The Kier molecular flexibility index (Phi) is 1.31. The van der Waals surface area contributed by atoms with Gasteiger partial charge in [0.25, 0.3) is 0 Å². The van der Waals surface area contributed by atoms with E-state index in [1.54, 1.807) is 0 Å². The van der Waals surface area contributed by atoms with E-state index in [9.17, 15) is 0 Å². The fourth-order valence-electron chi connectivity index (χ4n) is 1.67. The van der Waals surface area contributed by atoms with Gasteiger partial charge in [0, 0.05) is 18.4 Å². The maximum atomic E-state index is 4.27. The molecule has 0 aromatic carbocycles. The Bertz CT molecular complexity index is 260. The molecule has 0 unspecified atom stereocenters. The minimum atomic E-state index is 0.443. The van der Waals surface area contributed by atoms with Crippen molar-refractivity contribution in [3.8, 4) is 0 Å². The summed E-state index contributed by atoms with van der Waals surface area (Å²) >= 11 is 0. The molecule has 11 heavy (non-hydrogen) atoms. The highest BCUT2D eigenvalue weighted by atomic mass is 15.3. The third-order valence-electron chi connectivity index (χ3n) is 2.44. The topological polar surface area (TPSA) is 17.8 Å². The van der Waals surface area contributed by atoms with Crippen LogP contribution < -0.4 is 0 Å². The van der Waals surface area contributed by atoms with Crippen molar-refractivity contribution in [1.82, 2.24) is 9.78 Å². The van der Waals surface area contributed by atoms with E-state index in [0.717, 1.165) is 6.54 Å². The molecule has 0 bridgehead atoms. The molecule has 60 valence electrons. The second-order valence-electron chi connectivity index (χ2n) is 4.14. The minimum Gasteiger partial charge on any atom is -0.269 e. The Labute approximate surface area is 67.2 Å². The zero-order valence-corrected chi connectivity index (χ0v) is 7.17. The molecule has 1 aliphatic heterocycles. The Balaban J connectivity index is 2.32. The summed E-state index contributed by atoms with van der Waals surface area (Å²) in [6, 6.07) is 2.12. The van der Waals surface area contributed by atoms with E-state index < -0.39 is 0 Å². The molecule has 0 atom stereocenters. The zero-order chi connectivity index (χ0) is 7.90. The number of nitrogens with zero attached hydrogens (tertiary/aromatic N) is 2. The fourth-order valence-corrected chi connectivity index (χ4v) is 1.67. The Hall–Kier alpha value is -0.790. The Morgan fingerprint density at radius 3 is 3.18 bits per heavy atom. The van der Waals surface area contributed by atoms with Crippen molar-refractivity contribution < 1.29 is 0 Å². The smallest absolute Gasteiger partial charge is 0.0492 e. The van der Waals surface area contributed by atoms with Gasteiger partial charge in [-0.3, -0.25) is 4.68 Å². The highest BCUT2D eigenvalue weighted by Gasteiger charge is 2.24. The van der Waals surface area contributed by atoms with Gasteiger partial charge in [-0.1, -0.05) is 13.8 Å². The second-order valence-corrected chi connectivity index (χ2v) is 4.14. The number of aromatic nitrogens is 2. The van der Waals surface area contributed by atoms with Crippen LogP contribution in [0.5, 0.6) is 0 Å². The van der Waals surface area contributed by atoms with E-state index in [1.807, 2.05) is 6.20 Å². The first-order valence-corrected chi connectivity index (χ1v) is 4.18. The highest BCUT2D eigenvalue weighted by molar-refractivity contribution is 5.04. The average Bonchev–Trinajstić information content (AvgIpc) is 2.31. The maximum absolute atomic E-state index is 4.27. The first-order chi connectivity index (χ1) is 5.17. The molecule has 0 fully saturated rings. The number of aryl methyl sites for hydroxylation is 1. The minimum absolute atomic E-state index is 0.443. The van der Waals surface area contributed by atoms with Crippen LogP contribution in [0.25, 0.3) is 0 Å². The highest BCUT2D eigenvalue weighted by Crippen LogP contribution is 2.29. The summed E-state index contributed by atoms with van der Waals surface area (Å²) in [4.78, 5) is 0. The summed E-state index contributed by atoms with van der Waals surface area (Å²) in [6.45, 7) is 5.69. The summed E-state index contributed by atoms with van der Waals surface area (Å²) in [5.74, 6) is 0. The monoisotopic (exact) mass is 150 g/mol. The van der Waals surface area contributed by atoms with Crippen molar-refractivity contribution in [2.24, 2.45) is 5.41 Å². The van der Waals surface area contributed by atoms with Gasteiger partial charge in [0.2, 0.25) is 0 Å². The van der Waals surface area contributed by atoms with Crippen LogP contribution >= 0.6 is 0 Å². The van der Waals surface area contributed by atoms with E-state index >= 15 is 0 Å². The molecule has 2 heterocycles. The van der Waals surface area contributed by atoms with Gasteiger partial charge in [-0.25, -0.2) is 0 Å². The summed E-state index contributed by atoms with van der Waals surface area (Å²) in [5.41, 5.74) is 1.84. The van der Waals surface area contributed by atoms with E-state index in [2.05, 4.69) is 29.7 Å². The molecule has 0 spiro atoms. The van der Waals surface area contributed by atoms with E-state index in [1.165, 1.54) is 18.5 Å². The summed E-state index contributed by atoms with van der Waals surface area (Å²) in [5, 5.41) is 4.27. The lowest BCUT2D eigenvalue weighted by Crippen LogP contribution is -2.27. The molecule has 0 amide bonds. The standard InChI is InChI=1S/C9H14N2/c1-9(2)5-3-8-4-6-10-11(8)7-9/h4,6H,3,5,7H2,1-2H3. The van der Waals surface area contributed by atoms with Crippen molar-refractivity contribution >= 4 is 0 Å². The van der Waals surface area contributed by atoms with Crippen LogP contribution in [0.1, 0.15) is 26.0 Å². The van der Waals surface area contributed by atoms with Gasteiger partial charge in [0.1, 0.15) is 0 Å². The Morgan fingerprint density at radius 2 is 2.36 bits per heavy atom. The third-order valence-corrected chi connectivity index (χ3v) is 2.44. The number of hydrogen-bond donors (Lipinski definition) is 0. The molecule has 2 nitrogen and oxygen atoms in total. The lowest BCUT2D eigenvalue weighted by Gasteiger charge is -2.29. The molecule has 0 saturated heterocycles. The number of rotatable bonds is 0.